The van der Waals surface area contributed by atoms with Crippen LogP contribution < -0.4 is 4.74 Å². The van der Waals surface area contributed by atoms with Crippen LogP contribution in [0.4, 0.5) is 13.2 Å². The second-order valence-electron chi connectivity index (χ2n) is 5.94. The van der Waals surface area contributed by atoms with Gasteiger partial charge in [-0.1, -0.05) is 23.7 Å². The SMILES string of the molecule is COCc1nc(-c2ccc(C(F)(F)F)cc2)sc1COc1ccc(C#N)c(Cl)c1. The highest BCUT2D eigenvalue weighted by Gasteiger charge is 2.30. The van der Waals surface area contributed by atoms with Gasteiger partial charge < -0.3 is 9.47 Å². The van der Waals surface area contributed by atoms with Gasteiger partial charge in [-0.05, 0) is 24.3 Å². The van der Waals surface area contributed by atoms with Gasteiger partial charge in [0.05, 0.1) is 33.3 Å². The number of benzene rings is 2. The van der Waals surface area contributed by atoms with E-state index in [2.05, 4.69) is 4.98 Å². The Balaban J connectivity index is 1.81. The highest BCUT2D eigenvalue weighted by molar-refractivity contribution is 7.15. The summed E-state index contributed by atoms with van der Waals surface area (Å²) in [6.07, 6.45) is -4.38. The summed E-state index contributed by atoms with van der Waals surface area (Å²) in [6, 6.07) is 11.6. The van der Waals surface area contributed by atoms with Gasteiger partial charge in [-0.15, -0.1) is 11.3 Å². The number of ether oxygens (including phenoxy) is 2. The predicted molar refractivity (Wildman–Crippen MR) is 104 cm³/mol. The van der Waals surface area contributed by atoms with Crippen LogP contribution in [0, 0.1) is 11.3 Å². The van der Waals surface area contributed by atoms with E-state index in [-0.39, 0.29) is 18.2 Å². The van der Waals surface area contributed by atoms with Gasteiger partial charge in [-0.3, -0.25) is 0 Å². The van der Waals surface area contributed by atoms with Crippen LogP contribution in [0.5, 0.6) is 5.75 Å². The molecule has 0 fully saturated rings. The minimum absolute atomic E-state index is 0.180. The monoisotopic (exact) mass is 438 g/mol. The molecular weight excluding hydrogens is 425 g/mol. The number of nitrogens with zero attached hydrogens (tertiary/aromatic N) is 2. The molecule has 0 spiro atoms. The summed E-state index contributed by atoms with van der Waals surface area (Å²) in [5.74, 6) is 0.488. The Hall–Kier alpha value is -2.60. The van der Waals surface area contributed by atoms with Crippen LogP contribution in [0.3, 0.4) is 0 Å². The molecule has 0 saturated carbocycles. The molecular formula is C20H14ClF3N2O2S. The van der Waals surface area contributed by atoms with Gasteiger partial charge in [0, 0.05) is 18.7 Å². The van der Waals surface area contributed by atoms with Gasteiger partial charge in [0.25, 0.3) is 0 Å². The van der Waals surface area contributed by atoms with Crippen LogP contribution in [-0.2, 0) is 24.1 Å². The molecule has 29 heavy (non-hydrogen) atoms. The first-order valence-electron chi connectivity index (χ1n) is 8.29. The minimum atomic E-state index is -4.38. The molecule has 150 valence electrons. The van der Waals surface area contributed by atoms with E-state index in [4.69, 9.17) is 26.3 Å². The number of nitriles is 1. The van der Waals surface area contributed by atoms with Crippen molar-refractivity contribution >= 4 is 22.9 Å². The lowest BCUT2D eigenvalue weighted by atomic mass is 10.1. The average molecular weight is 439 g/mol. The van der Waals surface area contributed by atoms with E-state index in [1.807, 2.05) is 6.07 Å². The first-order valence-corrected chi connectivity index (χ1v) is 9.49. The molecule has 4 nitrogen and oxygen atoms in total. The maximum Gasteiger partial charge on any atom is 0.416 e. The lowest BCUT2D eigenvalue weighted by molar-refractivity contribution is -0.137. The van der Waals surface area contributed by atoms with Crippen LogP contribution in [-0.4, -0.2) is 12.1 Å². The van der Waals surface area contributed by atoms with Gasteiger partial charge in [0.1, 0.15) is 23.4 Å². The number of methoxy groups -OCH3 is 1. The summed E-state index contributed by atoms with van der Waals surface area (Å²) >= 11 is 7.32. The smallest absolute Gasteiger partial charge is 0.416 e. The highest BCUT2D eigenvalue weighted by atomic mass is 35.5. The normalized spacial score (nSPS) is 11.3. The fourth-order valence-corrected chi connectivity index (χ4v) is 3.69. The summed E-state index contributed by atoms with van der Waals surface area (Å²) in [5.41, 5.74) is 0.859. The number of rotatable bonds is 6. The standard InChI is InChI=1S/C20H14ClF3N2O2S/c1-27-10-17-18(11-28-15-7-4-13(9-25)16(21)8-15)29-19(26-17)12-2-5-14(6-3-12)20(22,23)24/h2-8H,10-11H2,1H3. The Morgan fingerprint density at radius 2 is 1.86 bits per heavy atom. The van der Waals surface area contributed by atoms with Crippen molar-refractivity contribution < 1.29 is 22.6 Å². The predicted octanol–water partition coefficient (Wildman–Crippen LogP) is 6.08. The first kappa shape index (κ1) is 21.1. The van der Waals surface area contributed by atoms with Crippen molar-refractivity contribution in [2.24, 2.45) is 0 Å². The van der Waals surface area contributed by atoms with Crippen LogP contribution in [0.25, 0.3) is 10.6 Å². The molecule has 2 aromatic carbocycles. The third kappa shape index (κ3) is 5.07. The Bertz CT molecular complexity index is 1040. The molecule has 3 rings (SSSR count). The Labute approximate surface area is 174 Å². The van der Waals surface area contributed by atoms with Gasteiger partial charge in [-0.25, -0.2) is 4.98 Å². The summed E-state index contributed by atoms with van der Waals surface area (Å²) < 4.78 is 49.2. The molecule has 1 aromatic heterocycles. The average Bonchev–Trinajstić information content (AvgIpc) is 3.09. The topological polar surface area (TPSA) is 55.1 Å². The zero-order valence-electron chi connectivity index (χ0n) is 15.1. The molecule has 0 N–H and O–H groups in total. The number of thiazole rings is 1. The minimum Gasteiger partial charge on any atom is -0.488 e. The molecule has 0 amide bonds. The highest BCUT2D eigenvalue weighted by Crippen LogP contribution is 2.34. The van der Waals surface area contributed by atoms with Crippen molar-refractivity contribution in [3.8, 4) is 22.4 Å². The van der Waals surface area contributed by atoms with Crippen molar-refractivity contribution in [1.82, 2.24) is 4.98 Å². The maximum absolute atomic E-state index is 12.8. The molecule has 1 heterocycles. The summed E-state index contributed by atoms with van der Waals surface area (Å²) in [4.78, 5) is 5.26. The fourth-order valence-electron chi connectivity index (χ4n) is 2.50. The van der Waals surface area contributed by atoms with E-state index in [9.17, 15) is 13.2 Å². The van der Waals surface area contributed by atoms with E-state index >= 15 is 0 Å². The van der Waals surface area contributed by atoms with E-state index in [0.29, 0.717) is 27.6 Å². The quantitative estimate of drug-likeness (QED) is 0.468. The first-order chi connectivity index (χ1) is 13.8. The molecule has 0 aliphatic rings. The summed E-state index contributed by atoms with van der Waals surface area (Å²) in [6.45, 7) is 0.420. The number of halogens is 4. The van der Waals surface area contributed by atoms with Crippen molar-refractivity contribution in [2.45, 2.75) is 19.4 Å². The van der Waals surface area contributed by atoms with Crippen molar-refractivity contribution in [2.75, 3.05) is 7.11 Å². The molecule has 0 atom stereocenters. The lowest BCUT2D eigenvalue weighted by Gasteiger charge is -2.07. The van der Waals surface area contributed by atoms with E-state index in [0.717, 1.165) is 17.0 Å². The Morgan fingerprint density at radius 3 is 2.45 bits per heavy atom. The molecule has 0 unspecified atom stereocenters. The van der Waals surface area contributed by atoms with Crippen LogP contribution >= 0.6 is 22.9 Å². The van der Waals surface area contributed by atoms with Crippen LogP contribution in [0.1, 0.15) is 21.7 Å². The molecule has 0 radical (unpaired) electrons. The Kier molecular flexibility index (Phi) is 6.42. The molecule has 0 aliphatic heterocycles. The van der Waals surface area contributed by atoms with Crippen molar-refractivity contribution in [3.63, 3.8) is 0 Å². The zero-order valence-corrected chi connectivity index (χ0v) is 16.7. The number of hydrogen-bond donors (Lipinski definition) is 0. The fraction of sp³-hybridized carbons (Fsp3) is 0.200. The zero-order chi connectivity index (χ0) is 21.0. The van der Waals surface area contributed by atoms with Crippen molar-refractivity contribution in [1.29, 1.82) is 5.26 Å². The van der Waals surface area contributed by atoms with Crippen LogP contribution in [0.15, 0.2) is 42.5 Å². The van der Waals surface area contributed by atoms with Crippen LogP contribution in [0.2, 0.25) is 5.02 Å². The summed E-state index contributed by atoms with van der Waals surface area (Å²) in [5, 5.41) is 9.79. The maximum atomic E-state index is 12.8. The molecule has 0 bridgehead atoms. The third-order valence-electron chi connectivity index (χ3n) is 3.95. The second-order valence-corrected chi connectivity index (χ2v) is 7.43. The largest absolute Gasteiger partial charge is 0.488 e. The number of alkyl halides is 3. The Morgan fingerprint density at radius 1 is 1.14 bits per heavy atom. The number of hydrogen-bond acceptors (Lipinski definition) is 5. The van der Waals surface area contributed by atoms with Gasteiger partial charge in [-0.2, -0.15) is 18.4 Å². The molecule has 0 aliphatic carbocycles. The van der Waals surface area contributed by atoms with Gasteiger partial charge in [0.15, 0.2) is 0 Å². The van der Waals surface area contributed by atoms with E-state index in [1.54, 1.807) is 18.2 Å². The summed E-state index contributed by atoms with van der Waals surface area (Å²) in [7, 11) is 1.53. The lowest BCUT2D eigenvalue weighted by Crippen LogP contribution is -2.03. The van der Waals surface area contributed by atoms with Crippen molar-refractivity contribution in [3.05, 3.63) is 69.2 Å². The molecule has 3 aromatic rings. The van der Waals surface area contributed by atoms with E-state index in [1.165, 1.54) is 30.6 Å². The second kappa shape index (κ2) is 8.82. The van der Waals surface area contributed by atoms with Gasteiger partial charge in [0.2, 0.25) is 0 Å². The third-order valence-corrected chi connectivity index (χ3v) is 5.38. The number of aromatic nitrogens is 1. The molecule has 0 saturated heterocycles. The van der Waals surface area contributed by atoms with E-state index < -0.39 is 11.7 Å². The molecule has 9 heteroatoms. The van der Waals surface area contributed by atoms with Gasteiger partial charge >= 0.3 is 6.18 Å².